The van der Waals surface area contributed by atoms with Crippen molar-refractivity contribution in [1.29, 1.82) is 0 Å². The molecule has 0 aliphatic heterocycles. The number of halogens is 1. The molecule has 0 bridgehead atoms. The Balaban J connectivity index is 2.98. The molecule has 0 aromatic heterocycles. The summed E-state index contributed by atoms with van der Waals surface area (Å²) < 4.78 is 5.39. The maximum atomic E-state index is 10.8. The second-order valence-corrected chi connectivity index (χ2v) is 4.10. The number of rotatable bonds is 5. The van der Waals surface area contributed by atoms with Gasteiger partial charge in [0.1, 0.15) is 18.4 Å². The van der Waals surface area contributed by atoms with E-state index >= 15 is 0 Å². The van der Waals surface area contributed by atoms with Crippen molar-refractivity contribution in [1.82, 2.24) is 0 Å². The summed E-state index contributed by atoms with van der Waals surface area (Å²) in [6.45, 7) is 5.84. The zero-order valence-electron chi connectivity index (χ0n) is 9.44. The molecule has 3 N–H and O–H groups in total. The molecule has 0 spiro atoms. The Bertz CT molecular complexity index is 445. The SMILES string of the molecule is C=C(C)COc1cccc(C(N)C(=O)O)c1Cl. The third-order valence-electron chi connectivity index (χ3n) is 2.07. The van der Waals surface area contributed by atoms with Crippen LogP contribution >= 0.6 is 11.6 Å². The highest BCUT2D eigenvalue weighted by Crippen LogP contribution is 2.31. The van der Waals surface area contributed by atoms with Gasteiger partial charge in [-0.1, -0.05) is 30.3 Å². The van der Waals surface area contributed by atoms with Crippen LogP contribution in [0.2, 0.25) is 5.02 Å². The zero-order valence-corrected chi connectivity index (χ0v) is 10.2. The van der Waals surface area contributed by atoms with Crippen LogP contribution in [0.15, 0.2) is 30.4 Å². The van der Waals surface area contributed by atoms with E-state index in [2.05, 4.69) is 6.58 Å². The number of aliphatic carboxylic acids is 1. The van der Waals surface area contributed by atoms with E-state index in [0.717, 1.165) is 5.57 Å². The number of ether oxygens (including phenoxy) is 1. The van der Waals surface area contributed by atoms with Gasteiger partial charge in [0.15, 0.2) is 0 Å². The highest BCUT2D eigenvalue weighted by molar-refractivity contribution is 6.33. The van der Waals surface area contributed by atoms with Crippen LogP contribution in [0.3, 0.4) is 0 Å². The highest BCUT2D eigenvalue weighted by Gasteiger charge is 2.19. The van der Waals surface area contributed by atoms with Gasteiger partial charge in [-0.05, 0) is 18.6 Å². The molecule has 0 radical (unpaired) electrons. The van der Waals surface area contributed by atoms with Gasteiger partial charge in [-0.25, -0.2) is 0 Å². The van der Waals surface area contributed by atoms with Crippen molar-refractivity contribution in [2.75, 3.05) is 6.61 Å². The van der Waals surface area contributed by atoms with Crippen molar-refractivity contribution in [2.45, 2.75) is 13.0 Å². The van der Waals surface area contributed by atoms with Gasteiger partial charge in [0, 0.05) is 5.56 Å². The first-order valence-electron chi connectivity index (χ1n) is 4.97. The molecule has 4 nitrogen and oxygen atoms in total. The van der Waals surface area contributed by atoms with E-state index in [1.807, 2.05) is 6.92 Å². The summed E-state index contributed by atoms with van der Waals surface area (Å²) >= 11 is 6.03. The third-order valence-corrected chi connectivity index (χ3v) is 2.47. The van der Waals surface area contributed by atoms with E-state index in [1.54, 1.807) is 18.2 Å². The largest absolute Gasteiger partial charge is 0.488 e. The molecule has 17 heavy (non-hydrogen) atoms. The minimum absolute atomic E-state index is 0.226. The van der Waals surface area contributed by atoms with E-state index in [-0.39, 0.29) is 5.02 Å². The lowest BCUT2D eigenvalue weighted by molar-refractivity contribution is -0.138. The van der Waals surface area contributed by atoms with Crippen LogP contribution < -0.4 is 10.5 Å². The quantitative estimate of drug-likeness (QED) is 0.793. The Morgan fingerprint density at radius 1 is 1.65 bits per heavy atom. The Hall–Kier alpha value is -1.52. The van der Waals surface area contributed by atoms with Gasteiger partial charge < -0.3 is 15.6 Å². The maximum Gasteiger partial charge on any atom is 0.325 e. The monoisotopic (exact) mass is 255 g/mol. The number of carboxylic acid groups (broad SMARTS) is 1. The molecule has 0 amide bonds. The summed E-state index contributed by atoms with van der Waals surface area (Å²) in [7, 11) is 0. The van der Waals surface area contributed by atoms with Crippen LogP contribution in [0.1, 0.15) is 18.5 Å². The van der Waals surface area contributed by atoms with Crippen molar-refractivity contribution >= 4 is 17.6 Å². The van der Waals surface area contributed by atoms with Gasteiger partial charge in [0.25, 0.3) is 0 Å². The normalized spacial score (nSPS) is 11.9. The first-order chi connectivity index (χ1) is 7.93. The summed E-state index contributed by atoms with van der Waals surface area (Å²) in [5, 5.41) is 9.06. The maximum absolute atomic E-state index is 10.8. The molecule has 0 fully saturated rings. The molecule has 1 unspecified atom stereocenters. The minimum atomic E-state index is -1.16. The van der Waals surface area contributed by atoms with Crippen LogP contribution in [0.5, 0.6) is 5.75 Å². The predicted molar refractivity (Wildman–Crippen MR) is 66.3 cm³/mol. The van der Waals surface area contributed by atoms with Crippen molar-refractivity contribution in [3.8, 4) is 5.75 Å². The molecule has 0 aliphatic carbocycles. The second kappa shape index (κ2) is 5.70. The minimum Gasteiger partial charge on any atom is -0.488 e. The molecule has 1 rings (SSSR count). The van der Waals surface area contributed by atoms with Crippen molar-refractivity contribution in [3.05, 3.63) is 40.9 Å². The van der Waals surface area contributed by atoms with Crippen molar-refractivity contribution < 1.29 is 14.6 Å². The topological polar surface area (TPSA) is 72.5 Å². The van der Waals surface area contributed by atoms with Gasteiger partial charge in [0.2, 0.25) is 0 Å². The number of nitrogens with two attached hydrogens (primary N) is 1. The number of hydrogen-bond acceptors (Lipinski definition) is 3. The van der Waals surface area contributed by atoms with E-state index < -0.39 is 12.0 Å². The van der Waals surface area contributed by atoms with Gasteiger partial charge >= 0.3 is 5.97 Å². The molecule has 0 aliphatic rings. The molecule has 92 valence electrons. The van der Waals surface area contributed by atoms with Crippen molar-refractivity contribution in [2.24, 2.45) is 5.73 Å². The Morgan fingerprint density at radius 2 is 2.29 bits per heavy atom. The summed E-state index contributed by atoms with van der Waals surface area (Å²) in [4.78, 5) is 10.8. The summed E-state index contributed by atoms with van der Waals surface area (Å²) in [5.74, 6) is -0.729. The Labute approximate surface area is 105 Å². The molecule has 5 heteroatoms. The lowest BCUT2D eigenvalue weighted by atomic mass is 10.1. The Morgan fingerprint density at radius 3 is 2.82 bits per heavy atom. The Kier molecular flexibility index (Phi) is 4.54. The number of carbonyl (C=O) groups is 1. The van der Waals surface area contributed by atoms with Crippen molar-refractivity contribution in [3.63, 3.8) is 0 Å². The van der Waals surface area contributed by atoms with E-state index in [4.69, 9.17) is 27.2 Å². The van der Waals surface area contributed by atoms with E-state index in [0.29, 0.717) is 17.9 Å². The molecular formula is C12H14ClNO3. The summed E-state index contributed by atoms with van der Waals surface area (Å²) in [6, 6.07) is 3.71. The predicted octanol–water partition coefficient (Wildman–Crippen LogP) is 2.38. The van der Waals surface area contributed by atoms with E-state index in [1.165, 1.54) is 0 Å². The first kappa shape index (κ1) is 13.5. The van der Waals surface area contributed by atoms with Gasteiger partial charge in [-0.15, -0.1) is 0 Å². The van der Waals surface area contributed by atoms with Gasteiger partial charge in [-0.2, -0.15) is 0 Å². The fourth-order valence-corrected chi connectivity index (χ4v) is 1.51. The fraction of sp³-hybridized carbons (Fsp3) is 0.250. The van der Waals surface area contributed by atoms with Crippen LogP contribution in [-0.2, 0) is 4.79 Å². The molecule has 1 aromatic rings. The van der Waals surface area contributed by atoms with Crippen LogP contribution in [0, 0.1) is 0 Å². The zero-order chi connectivity index (χ0) is 13.0. The molecular weight excluding hydrogens is 242 g/mol. The number of benzene rings is 1. The fourth-order valence-electron chi connectivity index (χ4n) is 1.21. The summed E-state index contributed by atoms with van der Waals surface area (Å²) in [5.41, 5.74) is 6.68. The van der Waals surface area contributed by atoms with Crippen LogP contribution in [-0.4, -0.2) is 17.7 Å². The van der Waals surface area contributed by atoms with Crippen LogP contribution in [0.25, 0.3) is 0 Å². The lowest BCUT2D eigenvalue weighted by Gasteiger charge is -2.13. The molecule has 1 atom stereocenters. The number of carboxylic acids is 1. The average molecular weight is 256 g/mol. The molecule has 0 heterocycles. The first-order valence-corrected chi connectivity index (χ1v) is 5.35. The molecule has 0 saturated heterocycles. The summed E-state index contributed by atoms with van der Waals surface area (Å²) in [6.07, 6.45) is 0. The van der Waals surface area contributed by atoms with E-state index in [9.17, 15) is 4.79 Å². The highest BCUT2D eigenvalue weighted by atomic mass is 35.5. The lowest BCUT2D eigenvalue weighted by Crippen LogP contribution is -2.21. The number of hydrogen-bond donors (Lipinski definition) is 2. The smallest absolute Gasteiger partial charge is 0.325 e. The molecule has 0 saturated carbocycles. The average Bonchev–Trinajstić information content (AvgIpc) is 2.26. The molecule has 1 aromatic carbocycles. The third kappa shape index (κ3) is 3.47. The van der Waals surface area contributed by atoms with Gasteiger partial charge in [-0.3, -0.25) is 4.79 Å². The van der Waals surface area contributed by atoms with Crippen LogP contribution in [0.4, 0.5) is 0 Å². The van der Waals surface area contributed by atoms with Gasteiger partial charge in [0.05, 0.1) is 5.02 Å². The second-order valence-electron chi connectivity index (χ2n) is 3.72. The standard InChI is InChI=1S/C12H14ClNO3/c1-7(2)6-17-9-5-3-4-8(10(9)13)11(14)12(15)16/h3-5,11H,1,6,14H2,2H3,(H,15,16).